The molecule has 18 heavy (non-hydrogen) atoms. The van der Waals surface area contributed by atoms with E-state index in [-0.39, 0.29) is 5.91 Å². The number of amides is 1. The number of nitriles is 1. The second-order valence-electron chi connectivity index (χ2n) is 3.72. The minimum atomic E-state index is -0.117. The summed E-state index contributed by atoms with van der Waals surface area (Å²) in [6, 6.07) is 10.6. The van der Waals surface area contributed by atoms with E-state index in [4.69, 9.17) is 11.0 Å². The van der Waals surface area contributed by atoms with E-state index in [0.29, 0.717) is 23.4 Å². The summed E-state index contributed by atoms with van der Waals surface area (Å²) in [6.07, 6.45) is 0.330. The molecule has 0 aliphatic rings. The molecule has 0 unspecified atom stereocenters. The fourth-order valence-corrected chi connectivity index (χ4v) is 2.22. The highest BCUT2D eigenvalue weighted by atomic mass is 32.1. The van der Waals surface area contributed by atoms with E-state index in [1.165, 1.54) is 11.3 Å². The van der Waals surface area contributed by atoms with Gasteiger partial charge >= 0.3 is 0 Å². The molecule has 4 nitrogen and oxygen atoms in total. The van der Waals surface area contributed by atoms with Crippen LogP contribution in [0.2, 0.25) is 0 Å². The first-order chi connectivity index (χ1) is 8.69. The molecule has 0 spiro atoms. The maximum atomic E-state index is 11.8. The molecular weight excluding hydrogens is 246 g/mol. The molecule has 3 N–H and O–H groups in total. The van der Waals surface area contributed by atoms with E-state index in [1.54, 1.807) is 18.2 Å². The summed E-state index contributed by atoms with van der Waals surface area (Å²) in [5.74, 6) is -0.117. The molecule has 0 aliphatic heterocycles. The van der Waals surface area contributed by atoms with Gasteiger partial charge in [-0.3, -0.25) is 4.79 Å². The summed E-state index contributed by atoms with van der Waals surface area (Å²) in [5.41, 5.74) is 7.17. The zero-order chi connectivity index (χ0) is 13.0. The number of nitrogens with one attached hydrogen (secondary N) is 1. The van der Waals surface area contributed by atoms with Crippen molar-refractivity contribution >= 4 is 28.6 Å². The fourth-order valence-electron chi connectivity index (χ4n) is 1.51. The van der Waals surface area contributed by atoms with E-state index < -0.39 is 0 Å². The van der Waals surface area contributed by atoms with E-state index in [0.717, 1.165) is 4.88 Å². The number of carbonyl (C=O) groups is 1. The number of hydrogen-bond donors (Lipinski definition) is 2. The molecule has 2 aromatic rings. The van der Waals surface area contributed by atoms with Gasteiger partial charge in [0.25, 0.3) is 0 Å². The first-order valence-corrected chi connectivity index (χ1v) is 6.19. The number of nitrogens with two attached hydrogens (primary N) is 1. The standard InChI is InChI=1S/C13H11N3OS/c14-8-9-3-4-12(11(15)6-9)16-13(17)7-10-2-1-5-18-10/h1-6H,7,15H2,(H,16,17). The molecule has 0 saturated heterocycles. The first kappa shape index (κ1) is 12.1. The van der Waals surface area contributed by atoms with Crippen LogP contribution in [0.1, 0.15) is 10.4 Å². The number of hydrogen-bond acceptors (Lipinski definition) is 4. The Morgan fingerprint density at radius 1 is 1.44 bits per heavy atom. The van der Waals surface area contributed by atoms with Gasteiger partial charge in [0, 0.05) is 4.88 Å². The molecule has 1 heterocycles. The molecular formula is C13H11N3OS. The topological polar surface area (TPSA) is 78.9 Å². The van der Waals surface area contributed by atoms with Gasteiger partial charge in [0.15, 0.2) is 0 Å². The maximum absolute atomic E-state index is 11.8. The van der Waals surface area contributed by atoms with Gasteiger partial charge in [-0.25, -0.2) is 0 Å². The van der Waals surface area contributed by atoms with Crippen molar-refractivity contribution in [2.45, 2.75) is 6.42 Å². The van der Waals surface area contributed by atoms with Crippen molar-refractivity contribution in [3.05, 3.63) is 46.2 Å². The van der Waals surface area contributed by atoms with Crippen LogP contribution >= 0.6 is 11.3 Å². The SMILES string of the molecule is N#Cc1ccc(NC(=O)Cc2cccs2)c(N)c1. The largest absolute Gasteiger partial charge is 0.397 e. The predicted octanol–water partition coefficient (Wildman–Crippen LogP) is 2.38. The summed E-state index contributed by atoms with van der Waals surface area (Å²) in [5, 5.41) is 13.4. The second kappa shape index (κ2) is 5.34. The summed E-state index contributed by atoms with van der Waals surface area (Å²) in [7, 11) is 0. The number of nitrogens with zero attached hydrogens (tertiary/aromatic N) is 1. The van der Waals surface area contributed by atoms with Crippen molar-refractivity contribution in [2.24, 2.45) is 0 Å². The Bertz CT molecular complexity index is 599. The zero-order valence-electron chi connectivity index (χ0n) is 9.51. The predicted molar refractivity (Wildman–Crippen MR) is 72.2 cm³/mol. The molecule has 5 heteroatoms. The van der Waals surface area contributed by atoms with Crippen LogP contribution in [0.4, 0.5) is 11.4 Å². The molecule has 0 fully saturated rings. The number of rotatable bonds is 3. The Morgan fingerprint density at radius 2 is 2.28 bits per heavy atom. The molecule has 1 aromatic carbocycles. The highest BCUT2D eigenvalue weighted by Gasteiger charge is 2.07. The minimum Gasteiger partial charge on any atom is -0.397 e. The van der Waals surface area contributed by atoms with E-state index in [1.807, 2.05) is 23.6 Å². The molecule has 2 rings (SSSR count). The summed E-state index contributed by atoms with van der Waals surface area (Å²) in [6.45, 7) is 0. The van der Waals surface area contributed by atoms with Gasteiger partial charge in [-0.15, -0.1) is 11.3 Å². The molecule has 90 valence electrons. The number of thiophene rings is 1. The third-order valence-corrected chi connectivity index (χ3v) is 3.25. The molecule has 0 bridgehead atoms. The normalized spacial score (nSPS) is 9.72. The minimum absolute atomic E-state index is 0.117. The highest BCUT2D eigenvalue weighted by molar-refractivity contribution is 7.10. The number of anilines is 2. The van der Waals surface area contributed by atoms with Crippen LogP contribution in [0.25, 0.3) is 0 Å². The number of carbonyl (C=O) groups excluding carboxylic acids is 1. The lowest BCUT2D eigenvalue weighted by molar-refractivity contribution is -0.115. The fraction of sp³-hybridized carbons (Fsp3) is 0.0769. The molecule has 1 amide bonds. The van der Waals surface area contributed by atoms with Gasteiger partial charge in [0.05, 0.1) is 29.4 Å². The van der Waals surface area contributed by atoms with Crippen LogP contribution < -0.4 is 11.1 Å². The molecule has 0 atom stereocenters. The van der Waals surface area contributed by atoms with Crippen LogP contribution in [0.15, 0.2) is 35.7 Å². The quantitative estimate of drug-likeness (QED) is 0.828. The zero-order valence-corrected chi connectivity index (χ0v) is 10.3. The smallest absolute Gasteiger partial charge is 0.229 e. The van der Waals surface area contributed by atoms with Crippen molar-refractivity contribution in [3.63, 3.8) is 0 Å². The van der Waals surface area contributed by atoms with Gasteiger partial charge in [0.2, 0.25) is 5.91 Å². The lowest BCUT2D eigenvalue weighted by Gasteiger charge is -2.07. The molecule has 1 aromatic heterocycles. The number of benzene rings is 1. The van der Waals surface area contributed by atoms with Gasteiger partial charge < -0.3 is 11.1 Å². The number of nitrogen functional groups attached to an aromatic ring is 1. The van der Waals surface area contributed by atoms with Crippen molar-refractivity contribution in [1.82, 2.24) is 0 Å². The first-order valence-electron chi connectivity index (χ1n) is 5.31. The van der Waals surface area contributed by atoms with Crippen molar-refractivity contribution in [2.75, 3.05) is 11.1 Å². The molecule has 0 saturated carbocycles. The lowest BCUT2D eigenvalue weighted by Crippen LogP contribution is -2.14. The van der Waals surface area contributed by atoms with E-state index >= 15 is 0 Å². The summed E-state index contributed by atoms with van der Waals surface area (Å²) in [4.78, 5) is 12.8. The molecule has 0 aliphatic carbocycles. The van der Waals surface area contributed by atoms with Crippen LogP contribution in [-0.2, 0) is 11.2 Å². The third kappa shape index (κ3) is 2.87. The summed E-state index contributed by atoms with van der Waals surface area (Å²) < 4.78 is 0. The highest BCUT2D eigenvalue weighted by Crippen LogP contribution is 2.20. The maximum Gasteiger partial charge on any atom is 0.229 e. The Labute approximate surface area is 109 Å². The Balaban J connectivity index is 2.05. The van der Waals surface area contributed by atoms with Crippen LogP contribution in [0.3, 0.4) is 0 Å². The van der Waals surface area contributed by atoms with Crippen molar-refractivity contribution < 1.29 is 4.79 Å². The average Bonchev–Trinajstić information content (AvgIpc) is 2.84. The third-order valence-electron chi connectivity index (χ3n) is 2.37. The van der Waals surface area contributed by atoms with E-state index in [9.17, 15) is 4.79 Å². The Hall–Kier alpha value is -2.32. The van der Waals surface area contributed by atoms with Gasteiger partial charge in [-0.1, -0.05) is 6.07 Å². The van der Waals surface area contributed by atoms with Crippen molar-refractivity contribution in [3.8, 4) is 6.07 Å². The van der Waals surface area contributed by atoms with Crippen molar-refractivity contribution in [1.29, 1.82) is 5.26 Å². The van der Waals surface area contributed by atoms with Crippen LogP contribution in [0.5, 0.6) is 0 Å². The van der Waals surface area contributed by atoms with Gasteiger partial charge in [-0.05, 0) is 29.6 Å². The lowest BCUT2D eigenvalue weighted by atomic mass is 10.2. The van der Waals surface area contributed by atoms with Crippen LogP contribution in [0, 0.1) is 11.3 Å². The Kier molecular flexibility index (Phi) is 3.60. The second-order valence-corrected chi connectivity index (χ2v) is 4.75. The monoisotopic (exact) mass is 257 g/mol. The van der Waals surface area contributed by atoms with Gasteiger partial charge in [-0.2, -0.15) is 5.26 Å². The summed E-state index contributed by atoms with van der Waals surface area (Å²) >= 11 is 1.54. The molecule has 0 radical (unpaired) electrons. The Morgan fingerprint density at radius 3 is 2.89 bits per heavy atom. The van der Waals surface area contributed by atoms with Gasteiger partial charge in [0.1, 0.15) is 0 Å². The van der Waals surface area contributed by atoms with Crippen LogP contribution in [-0.4, -0.2) is 5.91 Å². The van der Waals surface area contributed by atoms with E-state index in [2.05, 4.69) is 5.32 Å². The average molecular weight is 257 g/mol.